The molecule has 1 aliphatic rings. The zero-order chi connectivity index (χ0) is 13.1. The summed E-state index contributed by atoms with van der Waals surface area (Å²) in [7, 11) is 2.18. The lowest BCUT2D eigenvalue weighted by Gasteiger charge is -2.40. The van der Waals surface area contributed by atoms with Gasteiger partial charge >= 0.3 is 0 Å². The highest BCUT2D eigenvalue weighted by Crippen LogP contribution is 2.25. The van der Waals surface area contributed by atoms with Gasteiger partial charge in [-0.25, -0.2) is 4.98 Å². The van der Waals surface area contributed by atoms with E-state index in [1.165, 1.54) is 0 Å². The molecule has 2 heterocycles. The Bertz CT molecular complexity index is 394. The first-order chi connectivity index (χ1) is 8.63. The molecular weight excluding hydrogens is 226 g/mol. The van der Waals surface area contributed by atoms with Gasteiger partial charge in [0.15, 0.2) is 0 Å². The van der Waals surface area contributed by atoms with Crippen molar-refractivity contribution in [1.82, 2.24) is 9.88 Å². The second-order valence-corrected chi connectivity index (χ2v) is 5.08. The number of hydrogen-bond donors (Lipinski definition) is 1. The van der Waals surface area contributed by atoms with Crippen LogP contribution in [0.3, 0.4) is 0 Å². The van der Waals surface area contributed by atoms with E-state index in [9.17, 15) is 5.11 Å². The Morgan fingerprint density at radius 1 is 1.50 bits per heavy atom. The van der Waals surface area contributed by atoms with Crippen LogP contribution in [0.15, 0.2) is 18.3 Å². The zero-order valence-electron chi connectivity index (χ0n) is 11.5. The first-order valence-electron chi connectivity index (χ1n) is 6.71. The Balaban J connectivity index is 2.21. The summed E-state index contributed by atoms with van der Waals surface area (Å²) in [5.41, 5.74) is 0.928. The largest absolute Gasteiger partial charge is 0.389 e. The zero-order valence-corrected chi connectivity index (χ0v) is 11.5. The van der Waals surface area contributed by atoms with Gasteiger partial charge in [-0.15, -0.1) is 0 Å². The average molecular weight is 249 g/mol. The summed E-state index contributed by atoms with van der Waals surface area (Å²) >= 11 is 0. The van der Waals surface area contributed by atoms with Crippen LogP contribution in [0.25, 0.3) is 0 Å². The molecule has 0 saturated carbocycles. The molecule has 2 rings (SSSR count). The third kappa shape index (κ3) is 2.65. The number of pyridine rings is 1. The fraction of sp³-hybridized carbons (Fsp3) is 0.643. The smallest absolute Gasteiger partial charge is 0.134 e. The highest BCUT2D eigenvalue weighted by Gasteiger charge is 2.25. The number of likely N-dealkylation sites (N-methyl/N-ethyl adjacent to an activating group) is 1. The SMILES string of the molecule is CCC1CN(c2ncccc2[C@H](C)O)CCN1C. The summed E-state index contributed by atoms with van der Waals surface area (Å²) in [6.07, 6.45) is 2.48. The summed E-state index contributed by atoms with van der Waals surface area (Å²) in [4.78, 5) is 9.17. The molecule has 0 bridgehead atoms. The van der Waals surface area contributed by atoms with Crippen molar-refractivity contribution in [1.29, 1.82) is 0 Å². The van der Waals surface area contributed by atoms with Gasteiger partial charge in [0, 0.05) is 37.4 Å². The average Bonchev–Trinajstić information content (AvgIpc) is 2.39. The molecule has 1 aromatic rings. The Morgan fingerprint density at radius 3 is 2.94 bits per heavy atom. The molecule has 2 atom stereocenters. The number of aromatic nitrogens is 1. The molecule has 1 aromatic heterocycles. The summed E-state index contributed by atoms with van der Waals surface area (Å²) in [5.74, 6) is 0.944. The lowest BCUT2D eigenvalue weighted by molar-refractivity contribution is 0.195. The quantitative estimate of drug-likeness (QED) is 0.884. The van der Waals surface area contributed by atoms with E-state index in [0.717, 1.165) is 37.4 Å². The van der Waals surface area contributed by atoms with E-state index in [4.69, 9.17) is 0 Å². The fourth-order valence-corrected chi connectivity index (χ4v) is 2.58. The van der Waals surface area contributed by atoms with Crippen LogP contribution in [-0.4, -0.2) is 47.7 Å². The van der Waals surface area contributed by atoms with Crippen LogP contribution in [0.4, 0.5) is 5.82 Å². The summed E-state index contributed by atoms with van der Waals surface area (Å²) in [6, 6.07) is 4.42. The third-order valence-electron chi connectivity index (χ3n) is 3.81. The number of anilines is 1. The maximum absolute atomic E-state index is 9.83. The van der Waals surface area contributed by atoms with Gasteiger partial charge in [0.1, 0.15) is 5.82 Å². The van der Waals surface area contributed by atoms with E-state index < -0.39 is 6.10 Å². The van der Waals surface area contributed by atoms with E-state index in [0.29, 0.717) is 6.04 Å². The predicted octanol–water partition coefficient (Wildman–Crippen LogP) is 1.67. The van der Waals surface area contributed by atoms with Crippen LogP contribution in [0, 0.1) is 0 Å². The van der Waals surface area contributed by atoms with E-state index in [-0.39, 0.29) is 0 Å². The lowest BCUT2D eigenvalue weighted by atomic mass is 10.1. The molecule has 1 aliphatic heterocycles. The minimum atomic E-state index is -0.464. The summed E-state index contributed by atoms with van der Waals surface area (Å²) in [6.45, 7) is 7.04. The predicted molar refractivity (Wildman–Crippen MR) is 73.8 cm³/mol. The minimum absolute atomic E-state index is 0.464. The molecule has 0 radical (unpaired) electrons. The van der Waals surface area contributed by atoms with Gasteiger partial charge in [-0.05, 0) is 26.5 Å². The number of aliphatic hydroxyl groups is 1. The molecule has 1 saturated heterocycles. The van der Waals surface area contributed by atoms with Crippen molar-refractivity contribution >= 4 is 5.82 Å². The normalized spacial score (nSPS) is 23.1. The molecular formula is C14H23N3O. The first kappa shape index (κ1) is 13.3. The molecule has 100 valence electrons. The van der Waals surface area contributed by atoms with Crippen LogP contribution in [0.5, 0.6) is 0 Å². The van der Waals surface area contributed by atoms with Crippen LogP contribution < -0.4 is 4.90 Å². The Hall–Kier alpha value is -1.13. The second-order valence-electron chi connectivity index (χ2n) is 5.08. The van der Waals surface area contributed by atoms with Gasteiger partial charge in [-0.3, -0.25) is 4.90 Å². The lowest BCUT2D eigenvalue weighted by Crippen LogP contribution is -2.51. The molecule has 0 aliphatic carbocycles. The van der Waals surface area contributed by atoms with E-state index in [1.807, 2.05) is 12.1 Å². The van der Waals surface area contributed by atoms with Crippen molar-refractivity contribution in [3.05, 3.63) is 23.9 Å². The Kier molecular flexibility index (Phi) is 4.19. The molecule has 0 amide bonds. The minimum Gasteiger partial charge on any atom is -0.389 e. The molecule has 1 unspecified atom stereocenters. The summed E-state index contributed by atoms with van der Waals surface area (Å²) in [5, 5.41) is 9.83. The van der Waals surface area contributed by atoms with E-state index in [2.05, 4.69) is 28.8 Å². The maximum atomic E-state index is 9.83. The van der Waals surface area contributed by atoms with Crippen molar-refractivity contribution in [3.63, 3.8) is 0 Å². The van der Waals surface area contributed by atoms with Crippen LogP contribution >= 0.6 is 0 Å². The third-order valence-corrected chi connectivity index (χ3v) is 3.81. The van der Waals surface area contributed by atoms with Gasteiger partial charge in [-0.2, -0.15) is 0 Å². The van der Waals surface area contributed by atoms with E-state index >= 15 is 0 Å². The van der Waals surface area contributed by atoms with Gasteiger partial charge in [0.05, 0.1) is 6.10 Å². The standard InChI is InChI=1S/C14H23N3O/c1-4-12-10-17(9-8-16(12)3)14-13(11(2)18)6-5-7-15-14/h5-7,11-12,18H,4,8-10H2,1-3H3/t11-,12?/m0/s1. The maximum Gasteiger partial charge on any atom is 0.134 e. The van der Waals surface area contributed by atoms with Gasteiger partial charge in [0.25, 0.3) is 0 Å². The molecule has 0 spiro atoms. The summed E-state index contributed by atoms with van der Waals surface area (Å²) < 4.78 is 0. The van der Waals surface area contributed by atoms with Crippen molar-refractivity contribution in [3.8, 4) is 0 Å². The molecule has 4 nitrogen and oxygen atoms in total. The van der Waals surface area contributed by atoms with Gasteiger partial charge in [0.2, 0.25) is 0 Å². The number of rotatable bonds is 3. The molecule has 4 heteroatoms. The van der Waals surface area contributed by atoms with Crippen LogP contribution in [0.1, 0.15) is 31.9 Å². The molecule has 0 aromatic carbocycles. The number of nitrogens with zero attached hydrogens (tertiary/aromatic N) is 3. The van der Waals surface area contributed by atoms with E-state index in [1.54, 1.807) is 13.1 Å². The van der Waals surface area contributed by atoms with Gasteiger partial charge < -0.3 is 10.0 Å². The molecule has 1 fully saturated rings. The number of aliphatic hydroxyl groups excluding tert-OH is 1. The molecule has 18 heavy (non-hydrogen) atoms. The van der Waals surface area contributed by atoms with Crippen LogP contribution in [-0.2, 0) is 0 Å². The molecule has 1 N–H and O–H groups in total. The number of hydrogen-bond acceptors (Lipinski definition) is 4. The van der Waals surface area contributed by atoms with Crippen LogP contribution in [0.2, 0.25) is 0 Å². The second kappa shape index (κ2) is 5.67. The first-order valence-corrected chi connectivity index (χ1v) is 6.71. The fourth-order valence-electron chi connectivity index (χ4n) is 2.58. The Labute approximate surface area is 109 Å². The van der Waals surface area contributed by atoms with Crippen molar-refractivity contribution in [2.24, 2.45) is 0 Å². The van der Waals surface area contributed by atoms with Crippen molar-refractivity contribution in [2.75, 3.05) is 31.6 Å². The monoisotopic (exact) mass is 249 g/mol. The highest BCUT2D eigenvalue weighted by atomic mass is 16.3. The van der Waals surface area contributed by atoms with Crippen molar-refractivity contribution < 1.29 is 5.11 Å². The van der Waals surface area contributed by atoms with Gasteiger partial charge in [-0.1, -0.05) is 13.0 Å². The topological polar surface area (TPSA) is 39.6 Å². The Morgan fingerprint density at radius 2 is 2.28 bits per heavy atom. The highest BCUT2D eigenvalue weighted by molar-refractivity contribution is 5.48. The number of piperazine rings is 1. The van der Waals surface area contributed by atoms with Crippen molar-refractivity contribution in [2.45, 2.75) is 32.4 Å².